The summed E-state index contributed by atoms with van der Waals surface area (Å²) in [5.41, 5.74) is 23.3. The number of hydrogen-bond donors (Lipinski definition) is 18. The Bertz CT molecular complexity index is 2740. The van der Waals surface area contributed by atoms with Gasteiger partial charge in [-0.3, -0.25) is 57.7 Å². The van der Waals surface area contributed by atoms with Crippen molar-refractivity contribution in [2.45, 2.75) is 173 Å². The van der Waals surface area contributed by atoms with Crippen molar-refractivity contribution in [2.24, 2.45) is 45.7 Å². The van der Waals surface area contributed by atoms with Crippen molar-refractivity contribution < 1.29 is 83.1 Å². The molecule has 0 radical (unpaired) electrons. The van der Waals surface area contributed by atoms with Crippen molar-refractivity contribution in [1.29, 1.82) is 0 Å². The standard InChI is InChI=1S/C56H86N14O17/c1-26(2)22-35(57)47(78)68-43(27(3)4)52(83)66-39(24-32-13-17-34(73)18-14-32)51(82)69-44(28(5)6)53(84)67-40(25-41(58)74)50(81)65-38(23-31-11-15-33(72)16-12-31)49(80)62-29(7)46(77)63-36(10-9-21-61-56(59)60)48(79)70-45(30(8)71)54(85)64-37(55(86)87)19-20-42(75)76/h11-18,26-30,35-40,43-45,71-73H,9-10,19-25,57H2,1-8H3,(H2,58,74)(H,62,80)(H,63,77)(H,64,85)(H,65,81)(H,66,83)(H,67,84)(H,68,78)(H,69,82)(H,70,79)(H,75,76)(H,86,87)(H4,59,60,61)/t29-,30+,35-,36-,37-,38-,39-,40-,43-,44-,45-/m0/s1. The van der Waals surface area contributed by atoms with Crippen LogP contribution in [-0.2, 0) is 70.4 Å². The number of nitrogens with one attached hydrogen (secondary N) is 9. The molecule has 0 aliphatic rings. The molecule has 2 aromatic carbocycles. The fraction of sp³-hybridized carbons (Fsp3) is 0.554. The fourth-order valence-corrected chi connectivity index (χ4v) is 8.45. The lowest BCUT2D eigenvalue weighted by molar-refractivity contribution is -0.144. The summed E-state index contributed by atoms with van der Waals surface area (Å²) in [7, 11) is 0. The minimum Gasteiger partial charge on any atom is -0.508 e. The number of phenolic OH excluding ortho intramolecular Hbond substituents is 2. The van der Waals surface area contributed by atoms with E-state index in [9.17, 15) is 78.0 Å². The van der Waals surface area contributed by atoms with E-state index in [1.54, 1.807) is 27.7 Å². The molecule has 0 aliphatic heterocycles. The third-order valence-corrected chi connectivity index (χ3v) is 13.3. The highest BCUT2D eigenvalue weighted by Gasteiger charge is 2.37. The van der Waals surface area contributed by atoms with E-state index in [-0.39, 0.29) is 55.6 Å². The van der Waals surface area contributed by atoms with Crippen LogP contribution < -0.4 is 70.8 Å². The van der Waals surface area contributed by atoms with Gasteiger partial charge in [0.05, 0.1) is 18.6 Å². The molecule has 0 saturated carbocycles. The molecule has 0 heterocycles. The maximum atomic E-state index is 14.3. The minimum absolute atomic E-state index is 0.0164. The quantitative estimate of drug-likeness (QED) is 0.0175. The highest BCUT2D eigenvalue weighted by atomic mass is 16.4. The number of carbonyl (C=O) groups is 12. The lowest BCUT2D eigenvalue weighted by Crippen LogP contribution is -2.62. The number of aromatic hydroxyl groups is 2. The van der Waals surface area contributed by atoms with E-state index in [0.717, 1.165) is 6.92 Å². The largest absolute Gasteiger partial charge is 0.508 e. The van der Waals surface area contributed by atoms with Crippen LogP contribution in [0, 0.1) is 17.8 Å². The van der Waals surface area contributed by atoms with Gasteiger partial charge in [-0.25, -0.2) is 4.79 Å². The predicted octanol–water partition coefficient (Wildman–Crippen LogP) is -3.79. The van der Waals surface area contributed by atoms with E-state index >= 15 is 0 Å². The Morgan fingerprint density at radius 3 is 1.32 bits per heavy atom. The van der Waals surface area contributed by atoms with Gasteiger partial charge in [0.2, 0.25) is 59.1 Å². The number of nitrogens with two attached hydrogens (primary N) is 4. The molecular weight excluding hydrogens is 1140 g/mol. The van der Waals surface area contributed by atoms with Gasteiger partial charge in [0.1, 0.15) is 65.9 Å². The molecule has 0 saturated heterocycles. The number of aliphatic hydroxyl groups is 1. The maximum absolute atomic E-state index is 14.3. The third-order valence-electron chi connectivity index (χ3n) is 13.3. The molecule has 0 aliphatic carbocycles. The fourth-order valence-electron chi connectivity index (χ4n) is 8.45. The van der Waals surface area contributed by atoms with Crippen molar-refractivity contribution in [1.82, 2.24) is 47.9 Å². The predicted molar refractivity (Wildman–Crippen MR) is 314 cm³/mol. The first-order valence-electron chi connectivity index (χ1n) is 28.1. The van der Waals surface area contributed by atoms with Crippen LogP contribution in [0.4, 0.5) is 0 Å². The summed E-state index contributed by atoms with van der Waals surface area (Å²) in [6.45, 7) is 12.4. The third kappa shape index (κ3) is 26.8. The number of hydrogen-bond acceptors (Lipinski definition) is 17. The van der Waals surface area contributed by atoms with E-state index in [4.69, 9.17) is 28.0 Å². The molecule has 0 bridgehead atoms. The van der Waals surface area contributed by atoms with Gasteiger partial charge in [0.15, 0.2) is 5.96 Å². The average Bonchev–Trinajstić information content (AvgIpc) is 2.29. The number of amides is 10. The SMILES string of the molecule is CC(C)C[C@H](N)C(=O)N[C@H](C(=O)N[C@@H](Cc1ccc(O)cc1)C(=O)N[C@H](C(=O)N[C@@H](CC(N)=O)C(=O)N[C@@H](Cc1ccc(O)cc1)C(=O)N[C@@H](C)C(=O)N[C@@H](CCCN=C(N)N)C(=O)N[C@H](C(=O)N[C@@H](CCC(=O)O)C(=O)O)[C@@H](C)O)C(C)C)C(C)C. The number of aliphatic carboxylic acids is 2. The zero-order chi connectivity index (χ0) is 66.0. The van der Waals surface area contributed by atoms with Gasteiger partial charge in [0, 0.05) is 25.8 Å². The molecule has 31 nitrogen and oxygen atoms in total. The normalized spacial score (nSPS) is 15.0. The molecule has 0 aromatic heterocycles. The number of phenols is 2. The smallest absolute Gasteiger partial charge is 0.326 e. The second-order valence-corrected chi connectivity index (χ2v) is 22.1. The number of benzene rings is 2. The molecular formula is C56H86N14O17. The molecule has 11 atom stereocenters. The van der Waals surface area contributed by atoms with Gasteiger partial charge in [-0.1, -0.05) is 65.8 Å². The molecule has 2 aromatic rings. The van der Waals surface area contributed by atoms with Crippen molar-refractivity contribution in [3.05, 3.63) is 59.7 Å². The topological polar surface area (TPSA) is 531 Å². The molecule has 0 spiro atoms. The van der Waals surface area contributed by atoms with Crippen LogP contribution in [0.1, 0.15) is 105 Å². The average molecular weight is 1230 g/mol. The Kier molecular flexibility index (Phi) is 30.6. The molecule has 22 N–H and O–H groups in total. The van der Waals surface area contributed by atoms with Crippen molar-refractivity contribution in [3.8, 4) is 11.5 Å². The number of carboxylic acids is 2. The second-order valence-electron chi connectivity index (χ2n) is 22.1. The van der Waals surface area contributed by atoms with E-state index in [2.05, 4.69) is 52.8 Å². The van der Waals surface area contributed by atoms with Gasteiger partial charge in [-0.15, -0.1) is 0 Å². The van der Waals surface area contributed by atoms with Crippen LogP contribution in [0.2, 0.25) is 0 Å². The Hall–Kier alpha value is -9.13. The van der Waals surface area contributed by atoms with E-state index in [1.807, 2.05) is 13.8 Å². The molecule has 0 unspecified atom stereocenters. The monoisotopic (exact) mass is 1230 g/mol. The van der Waals surface area contributed by atoms with Gasteiger partial charge < -0.3 is 96.3 Å². The minimum atomic E-state index is -1.85. The molecule has 87 heavy (non-hydrogen) atoms. The van der Waals surface area contributed by atoms with E-state index in [1.165, 1.54) is 55.5 Å². The molecule has 482 valence electrons. The Balaban J connectivity index is 2.49. The Labute approximate surface area is 503 Å². The van der Waals surface area contributed by atoms with Crippen molar-refractivity contribution in [3.63, 3.8) is 0 Å². The number of carbonyl (C=O) groups excluding carboxylic acids is 10. The van der Waals surface area contributed by atoms with Crippen molar-refractivity contribution in [2.75, 3.05) is 6.54 Å². The van der Waals surface area contributed by atoms with Crippen LogP contribution in [0.5, 0.6) is 11.5 Å². The van der Waals surface area contributed by atoms with Gasteiger partial charge >= 0.3 is 11.9 Å². The number of aliphatic hydroxyl groups excluding tert-OH is 1. The lowest BCUT2D eigenvalue weighted by Gasteiger charge is -2.29. The molecule has 10 amide bonds. The molecule has 2 rings (SSSR count). The number of rotatable bonds is 37. The van der Waals surface area contributed by atoms with Crippen LogP contribution in [0.3, 0.4) is 0 Å². The zero-order valence-electron chi connectivity index (χ0n) is 50.0. The highest BCUT2D eigenvalue weighted by Crippen LogP contribution is 2.16. The van der Waals surface area contributed by atoms with Crippen LogP contribution >= 0.6 is 0 Å². The summed E-state index contributed by atoms with van der Waals surface area (Å²) in [5.74, 6) is -14.7. The van der Waals surface area contributed by atoms with E-state index < -0.39 is 169 Å². The summed E-state index contributed by atoms with van der Waals surface area (Å²) < 4.78 is 0. The van der Waals surface area contributed by atoms with Crippen LogP contribution in [0.25, 0.3) is 0 Å². The van der Waals surface area contributed by atoms with E-state index in [0.29, 0.717) is 17.5 Å². The Morgan fingerprint density at radius 2 is 0.885 bits per heavy atom. The van der Waals surface area contributed by atoms with Crippen LogP contribution in [0.15, 0.2) is 53.5 Å². The molecule has 0 fully saturated rings. The summed E-state index contributed by atoms with van der Waals surface area (Å²) >= 11 is 0. The number of primary amides is 1. The van der Waals surface area contributed by atoms with Gasteiger partial charge in [0.25, 0.3) is 0 Å². The lowest BCUT2D eigenvalue weighted by atomic mass is 9.98. The second kappa shape index (κ2) is 36.0. The summed E-state index contributed by atoms with van der Waals surface area (Å²) in [6, 6.07) is -4.13. The van der Waals surface area contributed by atoms with Crippen LogP contribution in [-0.4, -0.2) is 176 Å². The first kappa shape index (κ1) is 74.0. The number of nitrogens with zero attached hydrogens (tertiary/aromatic N) is 1. The summed E-state index contributed by atoms with van der Waals surface area (Å²) in [4.78, 5) is 164. The molecule has 31 heteroatoms. The Morgan fingerprint density at radius 1 is 0.483 bits per heavy atom. The zero-order valence-corrected chi connectivity index (χ0v) is 50.0. The summed E-state index contributed by atoms with van der Waals surface area (Å²) in [6.07, 6.45) is -4.19. The van der Waals surface area contributed by atoms with Gasteiger partial charge in [-0.05, 0) is 92.7 Å². The number of guanidine groups is 1. The highest BCUT2D eigenvalue weighted by molar-refractivity contribution is 5.99. The number of aliphatic imine (C=N–C) groups is 1. The first-order chi connectivity index (χ1) is 40.6. The van der Waals surface area contributed by atoms with Crippen molar-refractivity contribution >= 4 is 77.0 Å². The maximum Gasteiger partial charge on any atom is 0.326 e. The first-order valence-corrected chi connectivity index (χ1v) is 28.1. The summed E-state index contributed by atoms with van der Waals surface area (Å²) in [5, 5.41) is 71.0. The number of carboxylic acid groups (broad SMARTS) is 2. The van der Waals surface area contributed by atoms with Gasteiger partial charge in [-0.2, -0.15) is 0 Å².